The molecule has 0 bridgehead atoms. The average Bonchev–Trinajstić information content (AvgIpc) is 3.47. The number of nitrogens with one attached hydrogen (secondary N) is 3. The zero-order chi connectivity index (χ0) is 58.3. The van der Waals surface area contributed by atoms with Crippen LogP contribution in [0.3, 0.4) is 0 Å². The van der Waals surface area contributed by atoms with Gasteiger partial charge in [0.1, 0.15) is 80.3 Å². The maximum absolute atomic E-state index is 14.7. The highest BCUT2D eigenvalue weighted by atomic mass is 19.1. The molecular weight excluding hydrogens is 1050 g/mol. The summed E-state index contributed by atoms with van der Waals surface area (Å²) >= 11 is 0. The summed E-state index contributed by atoms with van der Waals surface area (Å²) in [5, 5.41) is 35.8. The number of rotatable bonds is 17. The molecule has 3 aromatic heterocycles. The van der Waals surface area contributed by atoms with Gasteiger partial charge in [-0.3, -0.25) is 0 Å². The number of ether oxygens (including phenoxy) is 3. The van der Waals surface area contributed by atoms with E-state index in [2.05, 4.69) is 30.9 Å². The van der Waals surface area contributed by atoms with Crippen LogP contribution in [0.25, 0.3) is 33.4 Å². The molecular formula is C62H54F4N6O9. The van der Waals surface area contributed by atoms with Gasteiger partial charge in [-0.05, 0) is 188 Å². The summed E-state index contributed by atoms with van der Waals surface area (Å²) in [7, 11) is 1.58. The van der Waals surface area contributed by atoms with E-state index in [1.165, 1.54) is 73.2 Å². The first-order chi connectivity index (χ1) is 38.9. The van der Waals surface area contributed by atoms with Gasteiger partial charge in [0.2, 0.25) is 0 Å². The lowest BCUT2D eigenvalue weighted by Gasteiger charge is -2.14. The third-order valence-electron chi connectivity index (χ3n) is 12.1. The molecule has 0 saturated heterocycles. The highest BCUT2D eigenvalue weighted by molar-refractivity contribution is 5.95. The van der Waals surface area contributed by atoms with Crippen LogP contribution in [0.1, 0.15) is 61.6 Å². The molecule has 0 amide bonds. The van der Waals surface area contributed by atoms with Crippen molar-refractivity contribution in [3.63, 3.8) is 0 Å². The van der Waals surface area contributed by atoms with Crippen molar-refractivity contribution in [2.75, 3.05) is 36.3 Å². The second-order valence-corrected chi connectivity index (χ2v) is 17.8. The Kier molecular flexibility index (Phi) is 19.3. The van der Waals surface area contributed by atoms with Gasteiger partial charge in [0.25, 0.3) is 0 Å². The first-order valence-corrected chi connectivity index (χ1v) is 25.0. The van der Waals surface area contributed by atoms with Gasteiger partial charge in [-0.2, -0.15) is 0 Å². The van der Waals surface area contributed by atoms with E-state index >= 15 is 0 Å². The van der Waals surface area contributed by atoms with Crippen molar-refractivity contribution in [3.05, 3.63) is 215 Å². The maximum atomic E-state index is 14.7. The van der Waals surface area contributed by atoms with E-state index in [1.807, 2.05) is 76.2 Å². The molecule has 6 N–H and O–H groups in total. The number of aryl methyl sites for hydroxylation is 3. The van der Waals surface area contributed by atoms with Gasteiger partial charge in [0.05, 0.1) is 31.7 Å². The zero-order valence-electron chi connectivity index (χ0n) is 44.6. The fourth-order valence-corrected chi connectivity index (χ4v) is 8.24. The highest BCUT2D eigenvalue weighted by Gasteiger charge is 2.20. The first-order valence-electron chi connectivity index (χ1n) is 25.0. The Morgan fingerprint density at radius 3 is 1.36 bits per heavy atom. The normalized spacial score (nSPS) is 10.5. The van der Waals surface area contributed by atoms with Crippen LogP contribution in [0.15, 0.2) is 158 Å². The third-order valence-corrected chi connectivity index (χ3v) is 12.1. The van der Waals surface area contributed by atoms with Crippen molar-refractivity contribution in [3.8, 4) is 50.6 Å². The molecule has 0 atom stereocenters. The standard InChI is InChI=1S/C21H18F2N2O3.C21H19FN2O3.C20H17FN2O3/c1-3-28-15-6-4-5-13(8-15)14-9-17(22)19(18(23)10-14)25-20-16(21(26)27)7-12(2)11-24-20;1-3-27-15-7-4-6-14(11-15)17-12-18(22)19(10-13(17)2)24-20-16(21(25)26)8-5-9-23-20;1-12-9-18(23-19-15(20(24)25)7-4-8-22-19)17(21)11-16(12)13-5-3-6-14(10-13)26-2/h4-11H,3H2,1-2H3,(H,24,25)(H,26,27);4-12H,3H2,1-2H3,(H,23,24)(H,25,26);3-11H,1-2H3,(H,22,23)(H,24,25). The summed E-state index contributed by atoms with van der Waals surface area (Å²) < 4.78 is 74.8. The minimum Gasteiger partial charge on any atom is -0.497 e. The van der Waals surface area contributed by atoms with E-state index in [0.29, 0.717) is 41.4 Å². The van der Waals surface area contributed by atoms with Crippen molar-refractivity contribution >= 4 is 52.4 Å². The minimum atomic E-state index is -1.25. The number of hydrogen-bond acceptors (Lipinski definition) is 12. The molecule has 15 nitrogen and oxygen atoms in total. The highest BCUT2D eigenvalue weighted by Crippen LogP contribution is 2.35. The largest absolute Gasteiger partial charge is 0.497 e. The third kappa shape index (κ3) is 14.8. The Labute approximate surface area is 463 Å². The van der Waals surface area contributed by atoms with Gasteiger partial charge in [-0.15, -0.1) is 0 Å². The molecule has 0 aliphatic heterocycles. The fourth-order valence-electron chi connectivity index (χ4n) is 8.24. The number of carbonyl (C=O) groups is 3. The molecule has 0 radical (unpaired) electrons. The number of carboxylic acid groups (broad SMARTS) is 3. The van der Waals surface area contributed by atoms with Crippen LogP contribution in [-0.4, -0.2) is 68.5 Å². The number of halogens is 4. The van der Waals surface area contributed by atoms with E-state index in [-0.39, 0.29) is 45.5 Å². The van der Waals surface area contributed by atoms with E-state index in [4.69, 9.17) is 14.2 Å². The predicted molar refractivity (Wildman–Crippen MR) is 302 cm³/mol. The molecule has 19 heteroatoms. The van der Waals surface area contributed by atoms with Crippen LogP contribution in [0.5, 0.6) is 17.2 Å². The quantitative estimate of drug-likeness (QED) is 0.0468. The average molecular weight is 1100 g/mol. The molecule has 6 aromatic carbocycles. The Bertz CT molecular complexity index is 3750. The summed E-state index contributed by atoms with van der Waals surface area (Å²) in [6, 6.07) is 37.4. The Balaban J connectivity index is 0.000000175. The maximum Gasteiger partial charge on any atom is 0.339 e. The molecule has 81 heavy (non-hydrogen) atoms. The fraction of sp³-hybridized carbons (Fsp3) is 0.129. The van der Waals surface area contributed by atoms with Crippen molar-refractivity contribution in [2.24, 2.45) is 0 Å². The first kappa shape index (κ1) is 58.4. The molecule has 0 fully saturated rings. The van der Waals surface area contributed by atoms with Crippen LogP contribution in [-0.2, 0) is 0 Å². The molecule has 3 heterocycles. The Morgan fingerprint density at radius 1 is 0.469 bits per heavy atom. The van der Waals surface area contributed by atoms with Gasteiger partial charge in [-0.1, -0.05) is 36.4 Å². The molecule has 9 aromatic rings. The lowest BCUT2D eigenvalue weighted by molar-refractivity contribution is 0.0686. The van der Waals surface area contributed by atoms with E-state index in [1.54, 1.807) is 50.4 Å². The topological polar surface area (TPSA) is 214 Å². The molecule has 0 unspecified atom stereocenters. The molecule has 9 rings (SSSR count). The molecule has 0 aliphatic carbocycles. The van der Waals surface area contributed by atoms with Crippen molar-refractivity contribution in [2.45, 2.75) is 34.6 Å². The summed E-state index contributed by atoms with van der Waals surface area (Å²) in [5.41, 5.74) is 5.97. The number of aromatic nitrogens is 3. The number of pyridine rings is 3. The summed E-state index contributed by atoms with van der Waals surface area (Å²) in [6.45, 7) is 10.2. The van der Waals surface area contributed by atoms with Crippen LogP contribution >= 0.6 is 0 Å². The smallest absolute Gasteiger partial charge is 0.339 e. The second-order valence-electron chi connectivity index (χ2n) is 17.8. The summed E-state index contributed by atoms with van der Waals surface area (Å²) in [6.07, 6.45) is 4.31. The van der Waals surface area contributed by atoms with Crippen molar-refractivity contribution < 1.29 is 61.5 Å². The van der Waals surface area contributed by atoms with Crippen LogP contribution in [0.2, 0.25) is 0 Å². The predicted octanol–water partition coefficient (Wildman–Crippen LogP) is 14.9. The summed E-state index contributed by atoms with van der Waals surface area (Å²) in [4.78, 5) is 45.9. The Hall–Kier alpha value is -10.3. The second kappa shape index (κ2) is 26.8. The van der Waals surface area contributed by atoms with Gasteiger partial charge < -0.3 is 45.5 Å². The molecule has 0 saturated carbocycles. The van der Waals surface area contributed by atoms with Crippen molar-refractivity contribution in [1.82, 2.24) is 15.0 Å². The summed E-state index contributed by atoms with van der Waals surface area (Å²) in [5.74, 6) is -4.20. The molecule has 0 spiro atoms. The Morgan fingerprint density at radius 2 is 0.901 bits per heavy atom. The number of aromatic carboxylic acids is 3. The van der Waals surface area contributed by atoms with Gasteiger partial charge in [0, 0.05) is 18.6 Å². The number of methoxy groups -OCH3 is 1. The lowest BCUT2D eigenvalue weighted by atomic mass is 9.99. The van der Waals surface area contributed by atoms with Gasteiger partial charge >= 0.3 is 17.9 Å². The van der Waals surface area contributed by atoms with Crippen LogP contribution in [0, 0.1) is 44.0 Å². The minimum absolute atomic E-state index is 0.0250. The van der Waals surface area contributed by atoms with Gasteiger partial charge in [-0.25, -0.2) is 46.9 Å². The van der Waals surface area contributed by atoms with Gasteiger partial charge in [0.15, 0.2) is 0 Å². The number of carboxylic acids is 3. The SMILES string of the molecule is CCOc1cccc(-c2cc(F)c(Nc3ncc(C)cc3C(=O)O)c(F)c2)c1.CCOc1cccc(-c2cc(F)c(Nc3ncccc3C(=O)O)cc2C)c1.COc1cccc(-c2cc(F)c(Nc3ncccc3C(=O)O)cc2C)c1. The van der Waals surface area contributed by atoms with E-state index < -0.39 is 46.9 Å². The van der Waals surface area contributed by atoms with E-state index in [0.717, 1.165) is 39.1 Å². The lowest BCUT2D eigenvalue weighted by Crippen LogP contribution is -2.07. The number of hydrogen-bond donors (Lipinski definition) is 6. The number of nitrogens with zero attached hydrogens (tertiary/aromatic N) is 3. The number of benzene rings is 6. The molecule has 0 aliphatic rings. The zero-order valence-corrected chi connectivity index (χ0v) is 44.6. The van der Waals surface area contributed by atoms with Crippen molar-refractivity contribution in [1.29, 1.82) is 0 Å². The monoisotopic (exact) mass is 1100 g/mol. The molecule has 414 valence electrons. The number of anilines is 6. The van der Waals surface area contributed by atoms with Crippen LogP contribution < -0.4 is 30.2 Å². The van der Waals surface area contributed by atoms with Crippen LogP contribution in [0.4, 0.5) is 52.1 Å². The van der Waals surface area contributed by atoms with E-state index in [9.17, 15) is 47.3 Å².